The number of carboxylic acids is 1. The summed E-state index contributed by atoms with van der Waals surface area (Å²) < 4.78 is 26.6. The first-order valence-corrected chi connectivity index (χ1v) is 7.74. The van der Waals surface area contributed by atoms with E-state index in [0.29, 0.717) is 6.42 Å². The van der Waals surface area contributed by atoms with Gasteiger partial charge in [-0.3, -0.25) is 9.89 Å². The molecule has 0 aliphatic carbocycles. The molecule has 7 nitrogen and oxygen atoms in total. The van der Waals surface area contributed by atoms with Crippen molar-refractivity contribution < 1.29 is 18.3 Å². The third-order valence-corrected chi connectivity index (χ3v) is 4.30. The Morgan fingerprint density at radius 1 is 1.24 bits per heavy atom. The lowest BCUT2D eigenvalue weighted by Gasteiger charge is -2.06. The first-order chi connectivity index (χ1) is 9.97. The van der Waals surface area contributed by atoms with Gasteiger partial charge in [0.15, 0.2) is 0 Å². The summed E-state index contributed by atoms with van der Waals surface area (Å²) in [6.45, 7) is 0.152. The topological polar surface area (TPSA) is 112 Å². The van der Waals surface area contributed by atoms with Crippen molar-refractivity contribution in [3.8, 4) is 0 Å². The highest BCUT2D eigenvalue weighted by Gasteiger charge is 2.13. The number of hydrogen-bond donors (Lipinski definition) is 3. The van der Waals surface area contributed by atoms with Gasteiger partial charge in [-0.15, -0.1) is 0 Å². The number of nitrogens with one attached hydrogen (secondary N) is 2. The molecule has 0 spiro atoms. The van der Waals surface area contributed by atoms with E-state index in [2.05, 4.69) is 14.9 Å². The highest BCUT2D eigenvalue weighted by atomic mass is 32.2. The summed E-state index contributed by atoms with van der Waals surface area (Å²) in [4.78, 5) is 10.6. The Morgan fingerprint density at radius 2 is 1.95 bits per heavy atom. The van der Waals surface area contributed by atoms with Crippen LogP contribution in [0.1, 0.15) is 17.5 Å². The molecule has 0 atom stereocenters. The Labute approximate surface area is 122 Å². The Kier molecular flexibility index (Phi) is 4.71. The van der Waals surface area contributed by atoms with Gasteiger partial charge in [-0.1, -0.05) is 12.1 Å². The van der Waals surface area contributed by atoms with Crippen LogP contribution in [-0.2, 0) is 27.8 Å². The number of H-pyrrole nitrogens is 1. The third-order valence-electron chi connectivity index (χ3n) is 2.88. The van der Waals surface area contributed by atoms with E-state index in [0.717, 1.165) is 11.1 Å². The zero-order valence-corrected chi connectivity index (χ0v) is 11.9. The fourth-order valence-electron chi connectivity index (χ4n) is 1.72. The van der Waals surface area contributed by atoms with E-state index in [1.165, 1.54) is 18.3 Å². The van der Waals surface area contributed by atoms with Gasteiger partial charge in [0.2, 0.25) is 10.0 Å². The molecule has 0 unspecified atom stereocenters. The highest BCUT2D eigenvalue weighted by molar-refractivity contribution is 7.89. The lowest BCUT2D eigenvalue weighted by Crippen LogP contribution is -2.23. The predicted octanol–water partition coefficient (Wildman–Crippen LogP) is 0.905. The molecule has 0 saturated carbocycles. The number of aliphatic carboxylic acids is 1. The van der Waals surface area contributed by atoms with Crippen molar-refractivity contribution in [1.29, 1.82) is 0 Å². The molecule has 0 radical (unpaired) electrons. The van der Waals surface area contributed by atoms with Gasteiger partial charge in [0, 0.05) is 24.7 Å². The van der Waals surface area contributed by atoms with Crippen LogP contribution in [0.2, 0.25) is 0 Å². The maximum atomic E-state index is 12.1. The second kappa shape index (κ2) is 6.51. The van der Waals surface area contributed by atoms with E-state index in [4.69, 9.17) is 5.11 Å². The fourth-order valence-corrected chi connectivity index (χ4v) is 2.74. The van der Waals surface area contributed by atoms with Crippen molar-refractivity contribution in [1.82, 2.24) is 14.9 Å². The molecule has 1 aromatic carbocycles. The molecule has 0 amide bonds. The molecule has 2 aromatic rings. The third kappa shape index (κ3) is 4.40. The molecule has 0 saturated heterocycles. The van der Waals surface area contributed by atoms with Gasteiger partial charge >= 0.3 is 5.97 Å². The number of aryl methyl sites for hydroxylation is 1. The van der Waals surface area contributed by atoms with Crippen molar-refractivity contribution in [2.75, 3.05) is 0 Å². The molecule has 0 bridgehead atoms. The van der Waals surface area contributed by atoms with Crippen molar-refractivity contribution in [2.45, 2.75) is 24.3 Å². The van der Waals surface area contributed by atoms with E-state index >= 15 is 0 Å². The summed E-state index contributed by atoms with van der Waals surface area (Å²) in [7, 11) is -3.59. The molecule has 1 heterocycles. The molecule has 3 N–H and O–H groups in total. The highest BCUT2D eigenvalue weighted by Crippen LogP contribution is 2.12. The monoisotopic (exact) mass is 309 g/mol. The molecule has 0 aliphatic rings. The SMILES string of the molecule is O=C(O)CCc1ccc(S(=O)(=O)NCc2cn[nH]c2)cc1. The number of hydrogen-bond acceptors (Lipinski definition) is 4. The van der Waals surface area contributed by atoms with Crippen LogP contribution in [0.5, 0.6) is 0 Å². The van der Waals surface area contributed by atoms with Crippen LogP contribution < -0.4 is 4.72 Å². The van der Waals surface area contributed by atoms with Gasteiger partial charge in [0.25, 0.3) is 0 Å². The van der Waals surface area contributed by atoms with Crippen LogP contribution in [0.4, 0.5) is 0 Å². The predicted molar refractivity (Wildman–Crippen MR) is 75.0 cm³/mol. The number of aromatic nitrogens is 2. The number of aromatic amines is 1. The minimum absolute atomic E-state index is 0.0187. The molecule has 0 aliphatic heterocycles. The second-order valence-corrected chi connectivity index (χ2v) is 6.24. The summed E-state index contributed by atoms with van der Waals surface area (Å²) in [5, 5.41) is 14.9. The maximum absolute atomic E-state index is 12.1. The van der Waals surface area contributed by atoms with Gasteiger partial charge in [-0.25, -0.2) is 13.1 Å². The van der Waals surface area contributed by atoms with Crippen LogP contribution in [0, 0.1) is 0 Å². The maximum Gasteiger partial charge on any atom is 0.303 e. The Hall–Kier alpha value is -2.19. The quantitative estimate of drug-likeness (QED) is 0.703. The van der Waals surface area contributed by atoms with E-state index < -0.39 is 16.0 Å². The number of carbonyl (C=O) groups is 1. The van der Waals surface area contributed by atoms with Crippen LogP contribution in [0.15, 0.2) is 41.6 Å². The van der Waals surface area contributed by atoms with Crippen molar-refractivity contribution in [3.63, 3.8) is 0 Å². The first-order valence-electron chi connectivity index (χ1n) is 6.25. The summed E-state index contributed by atoms with van der Waals surface area (Å²) in [6.07, 6.45) is 3.54. The molecule has 21 heavy (non-hydrogen) atoms. The fraction of sp³-hybridized carbons (Fsp3) is 0.231. The van der Waals surface area contributed by atoms with Gasteiger partial charge in [0.1, 0.15) is 0 Å². The number of benzene rings is 1. The van der Waals surface area contributed by atoms with E-state index in [-0.39, 0.29) is 17.9 Å². The van der Waals surface area contributed by atoms with E-state index in [9.17, 15) is 13.2 Å². The zero-order valence-electron chi connectivity index (χ0n) is 11.1. The minimum Gasteiger partial charge on any atom is -0.481 e. The van der Waals surface area contributed by atoms with Crippen LogP contribution >= 0.6 is 0 Å². The lowest BCUT2D eigenvalue weighted by molar-refractivity contribution is -0.136. The van der Waals surface area contributed by atoms with Crippen LogP contribution in [-0.4, -0.2) is 29.7 Å². The average molecular weight is 309 g/mol. The van der Waals surface area contributed by atoms with Crippen LogP contribution in [0.25, 0.3) is 0 Å². The molecule has 1 aromatic heterocycles. The van der Waals surface area contributed by atoms with Gasteiger partial charge in [-0.2, -0.15) is 5.10 Å². The minimum atomic E-state index is -3.59. The normalized spacial score (nSPS) is 11.4. The molecular formula is C13H15N3O4S. The first kappa shape index (κ1) is 15.2. The van der Waals surface area contributed by atoms with Crippen molar-refractivity contribution >= 4 is 16.0 Å². The zero-order chi connectivity index (χ0) is 15.3. The molecule has 112 valence electrons. The second-order valence-electron chi connectivity index (χ2n) is 4.47. The van der Waals surface area contributed by atoms with Crippen molar-refractivity contribution in [2.24, 2.45) is 0 Å². The molecule has 8 heteroatoms. The molecule has 2 rings (SSSR count). The summed E-state index contributed by atoms with van der Waals surface area (Å²) in [5.74, 6) is -0.881. The Morgan fingerprint density at radius 3 is 2.52 bits per heavy atom. The molecular weight excluding hydrogens is 294 g/mol. The van der Waals surface area contributed by atoms with Gasteiger partial charge in [0.05, 0.1) is 11.1 Å². The van der Waals surface area contributed by atoms with E-state index in [1.807, 2.05) is 0 Å². The Bertz CT molecular complexity index is 694. The number of rotatable bonds is 7. The number of nitrogens with zero attached hydrogens (tertiary/aromatic N) is 1. The van der Waals surface area contributed by atoms with Gasteiger partial charge < -0.3 is 5.11 Å². The van der Waals surface area contributed by atoms with E-state index in [1.54, 1.807) is 18.3 Å². The average Bonchev–Trinajstić information content (AvgIpc) is 2.97. The van der Waals surface area contributed by atoms with Crippen LogP contribution in [0.3, 0.4) is 0 Å². The smallest absolute Gasteiger partial charge is 0.303 e. The number of sulfonamides is 1. The Balaban J connectivity index is 2.01. The lowest BCUT2D eigenvalue weighted by atomic mass is 10.1. The molecule has 0 fully saturated rings. The summed E-state index contributed by atoms with van der Waals surface area (Å²) in [6, 6.07) is 6.18. The number of carboxylic acid groups (broad SMARTS) is 1. The van der Waals surface area contributed by atoms with Crippen molar-refractivity contribution in [3.05, 3.63) is 47.8 Å². The standard InChI is InChI=1S/C13H15N3O4S/c17-13(18)6-3-10-1-4-12(5-2-10)21(19,20)16-9-11-7-14-15-8-11/h1-2,4-5,7-8,16H,3,6,9H2,(H,14,15)(H,17,18). The largest absolute Gasteiger partial charge is 0.481 e. The van der Waals surface area contributed by atoms with Gasteiger partial charge in [-0.05, 0) is 24.1 Å². The summed E-state index contributed by atoms with van der Waals surface area (Å²) in [5.41, 5.74) is 1.52. The summed E-state index contributed by atoms with van der Waals surface area (Å²) >= 11 is 0.